The maximum atomic E-state index is 6.85. The lowest BCUT2D eigenvalue weighted by molar-refractivity contribution is 0.607. The SMILES string of the molecule is CC1(C)C2=C(C=CCC2)c2ccc(N(c3ccc(-c4ccccc4)cc3)c3ccc(-c4ccc(N(c5ccc(-c6ccccc6)cc5)c5cccc6c5oc5ccccc56)c5c4-c4ccccc4C5(C)C)cc3)cc21. The molecule has 0 saturated carbocycles. The molecule has 1 heterocycles. The van der Waals surface area contributed by atoms with Crippen LogP contribution in [-0.4, -0.2) is 0 Å². The van der Waals surface area contributed by atoms with Gasteiger partial charge in [-0.25, -0.2) is 0 Å². The Morgan fingerprint density at radius 2 is 0.960 bits per heavy atom. The number of rotatable bonds is 9. The highest BCUT2D eigenvalue weighted by Gasteiger charge is 2.41. The molecule has 360 valence electrons. The molecule has 0 N–H and O–H groups in total. The van der Waals surface area contributed by atoms with E-state index < -0.39 is 0 Å². The molecule has 0 fully saturated rings. The van der Waals surface area contributed by atoms with Crippen LogP contribution in [0.25, 0.3) is 72.0 Å². The molecule has 0 aliphatic heterocycles. The van der Waals surface area contributed by atoms with E-state index in [1.54, 1.807) is 5.57 Å². The molecule has 0 spiro atoms. The van der Waals surface area contributed by atoms with E-state index in [2.05, 4.69) is 280 Å². The average Bonchev–Trinajstić information content (AvgIpc) is 4.10. The molecular formula is C72H56N2O. The minimum atomic E-state index is -0.338. The van der Waals surface area contributed by atoms with Gasteiger partial charge in [-0.05, 0) is 152 Å². The number of benzene rings is 10. The monoisotopic (exact) mass is 964 g/mol. The van der Waals surface area contributed by atoms with Crippen molar-refractivity contribution >= 4 is 61.6 Å². The molecule has 3 nitrogen and oxygen atoms in total. The molecule has 0 saturated heterocycles. The van der Waals surface area contributed by atoms with E-state index in [1.165, 1.54) is 72.3 Å². The number of nitrogens with zero attached hydrogens (tertiary/aromatic N) is 2. The summed E-state index contributed by atoms with van der Waals surface area (Å²) in [4.78, 5) is 4.88. The van der Waals surface area contributed by atoms with Crippen molar-refractivity contribution in [3.8, 4) is 44.5 Å². The molecule has 0 atom stereocenters. The van der Waals surface area contributed by atoms with Gasteiger partial charge in [-0.2, -0.15) is 0 Å². The number of furan rings is 1. The number of anilines is 6. The highest BCUT2D eigenvalue weighted by molar-refractivity contribution is 6.11. The Balaban J connectivity index is 0.926. The molecule has 3 aliphatic rings. The normalized spacial score (nSPS) is 14.7. The summed E-state index contributed by atoms with van der Waals surface area (Å²) in [6.45, 7) is 9.61. The Bertz CT molecular complexity index is 4080. The Kier molecular flexibility index (Phi) is 10.4. The van der Waals surface area contributed by atoms with Gasteiger partial charge in [0.25, 0.3) is 0 Å². The zero-order valence-electron chi connectivity index (χ0n) is 42.8. The number of fused-ring (bicyclic) bond motifs is 8. The second-order valence-corrected chi connectivity index (χ2v) is 21.5. The molecular weight excluding hydrogens is 909 g/mol. The zero-order chi connectivity index (χ0) is 50.4. The van der Waals surface area contributed by atoms with Crippen molar-refractivity contribution in [2.45, 2.75) is 51.4 Å². The second kappa shape index (κ2) is 17.4. The van der Waals surface area contributed by atoms with E-state index in [4.69, 9.17) is 4.42 Å². The van der Waals surface area contributed by atoms with Crippen LogP contribution in [0.1, 0.15) is 62.8 Å². The lowest BCUT2D eigenvalue weighted by atomic mass is 9.78. The van der Waals surface area contributed by atoms with E-state index in [1.807, 2.05) is 0 Å². The van der Waals surface area contributed by atoms with Crippen LogP contribution in [0.2, 0.25) is 0 Å². The standard InChI is InChI=1S/C72H56N2O/c1-71(2)62-26-14-11-22-57(62)58-43-42-55(46-64(58)71)73(52-36-30-49(31-37-52)47-18-7-5-8-19-47)53-40-34-51(35-41-53)56-44-45-65(69-68(56)61-24-12-15-27-63(61)72(69,3)4)74(54-38-32-50(33-39-54)48-20-9-6-10-21-48)66-28-17-25-60-59-23-13-16-29-67(59)75-70(60)66/h5-13,15-25,27-46H,14,26H2,1-4H3. The van der Waals surface area contributed by atoms with Gasteiger partial charge in [-0.3, -0.25) is 0 Å². The summed E-state index contributed by atoms with van der Waals surface area (Å²) in [5.41, 5.74) is 26.0. The smallest absolute Gasteiger partial charge is 0.159 e. The lowest BCUT2D eigenvalue weighted by Crippen LogP contribution is -2.21. The minimum absolute atomic E-state index is 0.0471. The van der Waals surface area contributed by atoms with Crippen molar-refractivity contribution in [3.63, 3.8) is 0 Å². The lowest BCUT2D eigenvalue weighted by Gasteiger charge is -2.33. The predicted octanol–water partition coefficient (Wildman–Crippen LogP) is 20.2. The van der Waals surface area contributed by atoms with Crippen molar-refractivity contribution in [1.82, 2.24) is 0 Å². The van der Waals surface area contributed by atoms with Crippen LogP contribution in [0.3, 0.4) is 0 Å². The Labute approximate surface area is 440 Å². The highest BCUT2D eigenvalue weighted by atomic mass is 16.3. The van der Waals surface area contributed by atoms with Crippen LogP contribution in [0.15, 0.2) is 253 Å². The van der Waals surface area contributed by atoms with Crippen molar-refractivity contribution in [2.24, 2.45) is 0 Å². The van der Waals surface area contributed by atoms with Gasteiger partial charge in [0.05, 0.1) is 11.4 Å². The van der Waals surface area contributed by atoms with E-state index in [0.29, 0.717) is 0 Å². The first-order valence-corrected chi connectivity index (χ1v) is 26.5. The zero-order valence-corrected chi connectivity index (χ0v) is 42.8. The van der Waals surface area contributed by atoms with Crippen LogP contribution in [0, 0.1) is 0 Å². The predicted molar refractivity (Wildman–Crippen MR) is 315 cm³/mol. The van der Waals surface area contributed by atoms with Crippen LogP contribution in [0.4, 0.5) is 34.1 Å². The van der Waals surface area contributed by atoms with Crippen LogP contribution < -0.4 is 9.80 Å². The molecule has 0 unspecified atom stereocenters. The van der Waals surface area contributed by atoms with E-state index in [9.17, 15) is 0 Å². The Morgan fingerprint density at radius 3 is 1.65 bits per heavy atom. The summed E-state index contributed by atoms with van der Waals surface area (Å²) in [6.07, 6.45) is 6.91. The Hall–Kier alpha value is -8.92. The van der Waals surface area contributed by atoms with Gasteiger partial charge in [-0.15, -0.1) is 0 Å². The topological polar surface area (TPSA) is 19.6 Å². The van der Waals surface area contributed by atoms with Crippen molar-refractivity contribution in [3.05, 3.63) is 271 Å². The highest BCUT2D eigenvalue weighted by Crippen LogP contribution is 2.58. The number of allylic oxidation sites excluding steroid dienone is 4. The summed E-state index contributed by atoms with van der Waals surface area (Å²) < 4.78 is 6.85. The molecule has 0 amide bonds. The molecule has 11 aromatic rings. The molecule has 1 aromatic heterocycles. The number of hydrogen-bond acceptors (Lipinski definition) is 3. The Morgan fingerprint density at radius 1 is 0.400 bits per heavy atom. The third-order valence-corrected chi connectivity index (χ3v) is 16.6. The minimum Gasteiger partial charge on any atom is -0.454 e. The van der Waals surface area contributed by atoms with Gasteiger partial charge in [0, 0.05) is 44.4 Å². The maximum absolute atomic E-state index is 6.85. The molecule has 0 radical (unpaired) electrons. The van der Waals surface area contributed by atoms with Crippen molar-refractivity contribution in [2.75, 3.05) is 9.80 Å². The third kappa shape index (κ3) is 7.17. The van der Waals surface area contributed by atoms with Crippen molar-refractivity contribution in [1.29, 1.82) is 0 Å². The fourth-order valence-corrected chi connectivity index (χ4v) is 12.9. The molecule has 14 rings (SSSR count). The number of hydrogen-bond donors (Lipinski definition) is 0. The van der Waals surface area contributed by atoms with Gasteiger partial charge in [-0.1, -0.05) is 209 Å². The summed E-state index contributed by atoms with van der Waals surface area (Å²) >= 11 is 0. The van der Waals surface area contributed by atoms with Gasteiger partial charge in [0.2, 0.25) is 0 Å². The van der Waals surface area contributed by atoms with Gasteiger partial charge in [0.1, 0.15) is 5.58 Å². The fraction of sp³-hybridized carbons (Fsp3) is 0.111. The number of para-hydroxylation sites is 2. The molecule has 0 bridgehead atoms. The van der Waals surface area contributed by atoms with Gasteiger partial charge in [0.15, 0.2) is 5.58 Å². The summed E-state index contributed by atoms with van der Waals surface area (Å²) in [6, 6.07) is 84.6. The first-order valence-electron chi connectivity index (χ1n) is 26.5. The van der Waals surface area contributed by atoms with Crippen LogP contribution in [-0.2, 0) is 10.8 Å². The van der Waals surface area contributed by atoms with E-state index >= 15 is 0 Å². The largest absolute Gasteiger partial charge is 0.454 e. The van der Waals surface area contributed by atoms with E-state index in [-0.39, 0.29) is 10.8 Å². The molecule has 3 heteroatoms. The van der Waals surface area contributed by atoms with Gasteiger partial charge < -0.3 is 14.2 Å². The summed E-state index contributed by atoms with van der Waals surface area (Å²) in [7, 11) is 0. The molecule has 10 aromatic carbocycles. The first kappa shape index (κ1) is 44.8. The summed E-state index contributed by atoms with van der Waals surface area (Å²) in [5.74, 6) is 0. The molecule has 3 aliphatic carbocycles. The first-order chi connectivity index (χ1) is 36.7. The van der Waals surface area contributed by atoms with Gasteiger partial charge >= 0.3 is 0 Å². The quantitative estimate of drug-likeness (QED) is 0.144. The second-order valence-electron chi connectivity index (χ2n) is 21.5. The third-order valence-electron chi connectivity index (χ3n) is 16.6. The summed E-state index contributed by atoms with van der Waals surface area (Å²) in [5, 5.41) is 2.21. The van der Waals surface area contributed by atoms with Crippen LogP contribution in [0.5, 0.6) is 0 Å². The van der Waals surface area contributed by atoms with Crippen LogP contribution >= 0.6 is 0 Å². The van der Waals surface area contributed by atoms with Crippen molar-refractivity contribution < 1.29 is 4.42 Å². The average molecular weight is 965 g/mol. The molecule has 75 heavy (non-hydrogen) atoms. The fourth-order valence-electron chi connectivity index (χ4n) is 12.9. The van der Waals surface area contributed by atoms with E-state index in [0.717, 1.165) is 68.9 Å². The maximum Gasteiger partial charge on any atom is 0.159 e.